The molecule has 24 heavy (non-hydrogen) atoms. The predicted molar refractivity (Wildman–Crippen MR) is 96.9 cm³/mol. The summed E-state index contributed by atoms with van der Waals surface area (Å²) in [6.07, 6.45) is 5.25. The van der Waals surface area contributed by atoms with Crippen LogP contribution in [0.1, 0.15) is 46.9 Å². The van der Waals surface area contributed by atoms with Crippen LogP contribution in [0.25, 0.3) is 0 Å². The first kappa shape index (κ1) is 16.8. The minimum atomic E-state index is 0.143. The van der Waals surface area contributed by atoms with E-state index in [1.54, 1.807) is 0 Å². The Bertz CT molecular complexity index is 687. The Morgan fingerprint density at radius 3 is 2.54 bits per heavy atom. The number of aromatic nitrogens is 1. The van der Waals surface area contributed by atoms with Crippen LogP contribution < -0.4 is 0 Å². The molecule has 0 saturated carbocycles. The molecule has 1 saturated heterocycles. The molecule has 1 aromatic heterocycles. The zero-order chi connectivity index (χ0) is 17.1. The van der Waals surface area contributed by atoms with Crippen molar-refractivity contribution in [2.45, 2.75) is 31.8 Å². The topological polar surface area (TPSA) is 28.5 Å². The first-order valence-electron chi connectivity index (χ1n) is 8.72. The van der Waals surface area contributed by atoms with Crippen molar-refractivity contribution in [3.63, 3.8) is 0 Å². The summed E-state index contributed by atoms with van der Waals surface area (Å²) in [7, 11) is 6.09. The van der Waals surface area contributed by atoms with Gasteiger partial charge in [-0.15, -0.1) is 0 Å². The molecule has 1 atom stereocenters. The van der Waals surface area contributed by atoms with Gasteiger partial charge in [0.1, 0.15) is 5.69 Å². The summed E-state index contributed by atoms with van der Waals surface area (Å²) >= 11 is 0. The van der Waals surface area contributed by atoms with Crippen LogP contribution in [-0.4, -0.2) is 40.9 Å². The Morgan fingerprint density at radius 1 is 1.17 bits per heavy atom. The standard InChI is InChI=1S/C20H27N3O/c1-21(2)15-16-9-11-17(12-10-16)18-7-4-5-14-23(18)20(24)19-8-6-13-22(19)3/h6,8-13,18H,4-5,7,14-15H2,1-3H3/t18-/m1/s1. The molecule has 0 unspecified atom stereocenters. The molecule has 1 fully saturated rings. The van der Waals surface area contributed by atoms with E-state index in [1.165, 1.54) is 17.5 Å². The van der Waals surface area contributed by atoms with Gasteiger partial charge in [-0.25, -0.2) is 0 Å². The van der Waals surface area contributed by atoms with E-state index in [2.05, 4.69) is 48.2 Å². The number of carbonyl (C=O) groups is 1. The SMILES string of the molecule is CN(C)Cc1ccc([C@H]2CCCCN2C(=O)c2cccn2C)cc1. The number of likely N-dealkylation sites (tertiary alicyclic amines) is 1. The van der Waals surface area contributed by atoms with Crippen LogP contribution in [0.15, 0.2) is 42.6 Å². The van der Waals surface area contributed by atoms with Gasteiger partial charge in [0.05, 0.1) is 6.04 Å². The van der Waals surface area contributed by atoms with E-state index in [9.17, 15) is 4.79 Å². The summed E-state index contributed by atoms with van der Waals surface area (Å²) in [6.45, 7) is 1.78. The van der Waals surface area contributed by atoms with Crippen molar-refractivity contribution in [3.05, 3.63) is 59.4 Å². The average molecular weight is 325 g/mol. The number of hydrogen-bond donors (Lipinski definition) is 0. The predicted octanol–water partition coefficient (Wildman–Crippen LogP) is 3.45. The number of amides is 1. The van der Waals surface area contributed by atoms with Crippen LogP contribution in [0.3, 0.4) is 0 Å². The van der Waals surface area contributed by atoms with Crippen molar-refractivity contribution in [1.29, 1.82) is 0 Å². The molecule has 0 bridgehead atoms. The van der Waals surface area contributed by atoms with Gasteiger partial charge < -0.3 is 14.4 Å². The number of aryl methyl sites for hydroxylation is 1. The third kappa shape index (κ3) is 3.54. The van der Waals surface area contributed by atoms with E-state index in [1.807, 2.05) is 29.9 Å². The minimum absolute atomic E-state index is 0.143. The number of nitrogens with zero attached hydrogens (tertiary/aromatic N) is 3. The highest BCUT2D eigenvalue weighted by atomic mass is 16.2. The molecule has 1 aromatic carbocycles. The first-order valence-corrected chi connectivity index (χ1v) is 8.72. The Morgan fingerprint density at radius 2 is 1.92 bits per heavy atom. The van der Waals surface area contributed by atoms with Crippen LogP contribution in [0.2, 0.25) is 0 Å². The van der Waals surface area contributed by atoms with Crippen molar-refractivity contribution in [3.8, 4) is 0 Å². The van der Waals surface area contributed by atoms with Crippen LogP contribution >= 0.6 is 0 Å². The highest BCUT2D eigenvalue weighted by Crippen LogP contribution is 2.32. The summed E-state index contributed by atoms with van der Waals surface area (Å²) in [5.41, 5.74) is 3.32. The van der Waals surface area contributed by atoms with Crippen molar-refractivity contribution in [1.82, 2.24) is 14.4 Å². The maximum absolute atomic E-state index is 13.0. The first-order chi connectivity index (χ1) is 11.6. The second-order valence-electron chi connectivity index (χ2n) is 6.99. The van der Waals surface area contributed by atoms with Crippen molar-refractivity contribution < 1.29 is 4.79 Å². The molecule has 1 amide bonds. The van der Waals surface area contributed by atoms with Gasteiger partial charge in [0, 0.05) is 26.3 Å². The molecule has 1 aliphatic rings. The molecule has 4 heteroatoms. The third-order valence-corrected chi connectivity index (χ3v) is 4.79. The molecular formula is C20H27N3O. The molecule has 2 aromatic rings. The summed E-state index contributed by atoms with van der Waals surface area (Å²) in [5, 5.41) is 0. The molecule has 0 radical (unpaired) electrons. The normalized spacial score (nSPS) is 18.2. The summed E-state index contributed by atoms with van der Waals surface area (Å²) in [5.74, 6) is 0.143. The molecule has 0 N–H and O–H groups in total. The summed E-state index contributed by atoms with van der Waals surface area (Å²) < 4.78 is 1.91. The Kier molecular flexibility index (Phi) is 5.05. The van der Waals surface area contributed by atoms with Gasteiger partial charge in [-0.05, 0) is 56.6 Å². The third-order valence-electron chi connectivity index (χ3n) is 4.79. The lowest BCUT2D eigenvalue weighted by Gasteiger charge is -2.36. The van der Waals surface area contributed by atoms with Crippen LogP contribution in [0.5, 0.6) is 0 Å². The van der Waals surface area contributed by atoms with Crippen LogP contribution in [0, 0.1) is 0 Å². The van der Waals surface area contributed by atoms with Crippen LogP contribution in [0.4, 0.5) is 0 Å². The quantitative estimate of drug-likeness (QED) is 0.861. The molecule has 2 heterocycles. The van der Waals surface area contributed by atoms with E-state index in [0.717, 1.165) is 31.6 Å². The molecule has 128 valence electrons. The second-order valence-corrected chi connectivity index (χ2v) is 6.99. The maximum atomic E-state index is 13.0. The Balaban J connectivity index is 1.82. The molecule has 1 aliphatic heterocycles. The van der Waals surface area contributed by atoms with Crippen molar-refractivity contribution >= 4 is 5.91 Å². The summed E-state index contributed by atoms with van der Waals surface area (Å²) in [4.78, 5) is 17.2. The smallest absolute Gasteiger partial charge is 0.270 e. The van der Waals surface area contributed by atoms with E-state index >= 15 is 0 Å². The molecule has 0 spiro atoms. The lowest BCUT2D eigenvalue weighted by atomic mass is 9.94. The van der Waals surface area contributed by atoms with Gasteiger partial charge in [-0.3, -0.25) is 4.79 Å². The number of rotatable bonds is 4. The monoisotopic (exact) mass is 325 g/mol. The lowest BCUT2D eigenvalue weighted by Crippen LogP contribution is -2.39. The fraction of sp³-hybridized carbons (Fsp3) is 0.450. The number of piperidine rings is 1. The molecular weight excluding hydrogens is 298 g/mol. The van der Waals surface area contributed by atoms with E-state index in [-0.39, 0.29) is 11.9 Å². The fourth-order valence-corrected chi connectivity index (χ4v) is 3.56. The zero-order valence-corrected chi connectivity index (χ0v) is 14.9. The van der Waals surface area contributed by atoms with Gasteiger partial charge >= 0.3 is 0 Å². The zero-order valence-electron chi connectivity index (χ0n) is 14.9. The highest BCUT2D eigenvalue weighted by molar-refractivity contribution is 5.93. The highest BCUT2D eigenvalue weighted by Gasteiger charge is 2.29. The lowest BCUT2D eigenvalue weighted by molar-refractivity contribution is 0.0601. The molecule has 4 nitrogen and oxygen atoms in total. The van der Waals surface area contributed by atoms with Gasteiger partial charge in [0.25, 0.3) is 5.91 Å². The number of benzene rings is 1. The number of hydrogen-bond acceptors (Lipinski definition) is 2. The largest absolute Gasteiger partial charge is 0.347 e. The number of carbonyl (C=O) groups excluding carboxylic acids is 1. The van der Waals surface area contributed by atoms with Crippen molar-refractivity contribution in [2.75, 3.05) is 20.6 Å². The van der Waals surface area contributed by atoms with Crippen molar-refractivity contribution in [2.24, 2.45) is 7.05 Å². The van der Waals surface area contributed by atoms with E-state index < -0.39 is 0 Å². The van der Waals surface area contributed by atoms with Gasteiger partial charge in [-0.1, -0.05) is 24.3 Å². The van der Waals surface area contributed by atoms with Crippen LogP contribution in [-0.2, 0) is 13.6 Å². The Labute approximate surface area is 144 Å². The van der Waals surface area contributed by atoms with E-state index in [4.69, 9.17) is 0 Å². The maximum Gasteiger partial charge on any atom is 0.270 e. The second kappa shape index (κ2) is 7.22. The average Bonchev–Trinajstić information content (AvgIpc) is 3.00. The van der Waals surface area contributed by atoms with Gasteiger partial charge in [-0.2, -0.15) is 0 Å². The summed E-state index contributed by atoms with van der Waals surface area (Å²) in [6, 6.07) is 12.8. The fourth-order valence-electron chi connectivity index (χ4n) is 3.56. The molecule has 3 rings (SSSR count). The minimum Gasteiger partial charge on any atom is -0.347 e. The van der Waals surface area contributed by atoms with E-state index in [0.29, 0.717) is 0 Å². The van der Waals surface area contributed by atoms with Gasteiger partial charge in [0.15, 0.2) is 0 Å². The van der Waals surface area contributed by atoms with Gasteiger partial charge in [0.2, 0.25) is 0 Å². The molecule has 0 aliphatic carbocycles. The Hall–Kier alpha value is -2.07.